The first-order chi connectivity index (χ1) is 11.5. The fourth-order valence-electron chi connectivity index (χ4n) is 2.00. The molecule has 1 amide bonds. The first-order valence-corrected chi connectivity index (χ1v) is 9.65. The average molecular weight is 412 g/mol. The van der Waals surface area contributed by atoms with Crippen molar-refractivity contribution in [1.29, 1.82) is 0 Å². The summed E-state index contributed by atoms with van der Waals surface area (Å²) in [5.41, 5.74) is 1.26. The van der Waals surface area contributed by atoms with Gasteiger partial charge in [-0.05, 0) is 46.5 Å². The number of nitrogens with one attached hydrogen (secondary N) is 1. The zero-order valence-electron chi connectivity index (χ0n) is 14.1. The Morgan fingerprint density at radius 2 is 2.17 bits per heavy atom. The molecule has 0 aliphatic carbocycles. The van der Waals surface area contributed by atoms with Crippen LogP contribution in [0.3, 0.4) is 0 Å². The molecule has 0 unspecified atom stereocenters. The smallest absolute Gasteiger partial charge is 0.226 e. The highest BCUT2D eigenvalue weighted by Gasteiger charge is 2.10. The molecule has 1 aromatic heterocycles. The minimum Gasteiger partial charge on any atom is -0.492 e. The molecular weight excluding hydrogens is 390 g/mol. The molecule has 5 nitrogen and oxygen atoms in total. The highest BCUT2D eigenvalue weighted by atomic mass is 79.9. The van der Waals surface area contributed by atoms with Crippen molar-refractivity contribution in [3.63, 3.8) is 0 Å². The van der Waals surface area contributed by atoms with Gasteiger partial charge < -0.3 is 10.1 Å². The molecule has 0 saturated carbocycles. The van der Waals surface area contributed by atoms with Crippen LogP contribution in [0.1, 0.15) is 50.1 Å². The fourth-order valence-corrected chi connectivity index (χ4v) is 3.30. The van der Waals surface area contributed by atoms with E-state index in [0.717, 1.165) is 21.7 Å². The maximum absolute atomic E-state index is 11.9. The number of aryl methyl sites for hydroxylation is 1. The number of amides is 1. The highest BCUT2D eigenvalue weighted by Crippen LogP contribution is 2.26. The number of ether oxygens (including phenoxy) is 1. The fraction of sp³-hybridized carbons (Fsp3) is 0.471. The lowest BCUT2D eigenvalue weighted by molar-refractivity contribution is -0.116. The number of carbonyl (C=O) groups is 1. The molecule has 2 aromatic rings. The summed E-state index contributed by atoms with van der Waals surface area (Å²) >= 11 is 4.93. The van der Waals surface area contributed by atoms with Gasteiger partial charge in [0.15, 0.2) is 0 Å². The van der Waals surface area contributed by atoms with Crippen LogP contribution in [-0.2, 0) is 11.2 Å². The van der Waals surface area contributed by atoms with Gasteiger partial charge in [0.05, 0.1) is 11.1 Å². The van der Waals surface area contributed by atoms with Crippen molar-refractivity contribution in [1.82, 2.24) is 10.2 Å². The second-order valence-electron chi connectivity index (χ2n) is 5.72. The van der Waals surface area contributed by atoms with E-state index in [9.17, 15) is 4.79 Å². The number of aromatic nitrogens is 2. The monoisotopic (exact) mass is 411 g/mol. The van der Waals surface area contributed by atoms with Crippen LogP contribution in [0.5, 0.6) is 5.75 Å². The molecule has 7 heteroatoms. The summed E-state index contributed by atoms with van der Waals surface area (Å²) in [6, 6.07) is 6.07. The molecule has 1 N–H and O–H groups in total. The van der Waals surface area contributed by atoms with E-state index in [2.05, 4.69) is 64.3 Å². The zero-order chi connectivity index (χ0) is 17.5. The molecule has 1 heterocycles. The Balaban J connectivity index is 1.72. The molecule has 0 atom stereocenters. The standard InChI is InChI=1S/C17H22BrN3O2S/c1-4-12-7-8-14(13(18)10-12)23-9-5-6-15(22)19-17-21-20-16(24-17)11(2)3/h7-8,10-11H,4-6,9H2,1-3H3,(H,19,21,22). The van der Waals surface area contributed by atoms with Crippen LogP contribution >= 0.6 is 27.3 Å². The number of rotatable bonds is 8. The van der Waals surface area contributed by atoms with Crippen LogP contribution < -0.4 is 10.1 Å². The Hall–Kier alpha value is -1.47. The molecule has 0 spiro atoms. The predicted molar refractivity (Wildman–Crippen MR) is 101 cm³/mol. The molecule has 1 aromatic carbocycles. The Morgan fingerprint density at radius 3 is 2.79 bits per heavy atom. The first kappa shape index (κ1) is 18.9. The summed E-state index contributed by atoms with van der Waals surface area (Å²) in [6.07, 6.45) is 2.02. The molecular formula is C17H22BrN3O2S. The maximum atomic E-state index is 11.9. The van der Waals surface area contributed by atoms with Gasteiger partial charge in [-0.15, -0.1) is 10.2 Å². The van der Waals surface area contributed by atoms with Gasteiger partial charge in [-0.2, -0.15) is 0 Å². The lowest BCUT2D eigenvalue weighted by Crippen LogP contribution is -2.12. The molecule has 0 fully saturated rings. The van der Waals surface area contributed by atoms with E-state index in [0.29, 0.717) is 30.5 Å². The number of hydrogen-bond acceptors (Lipinski definition) is 5. The third-order valence-electron chi connectivity index (χ3n) is 3.39. The van der Waals surface area contributed by atoms with Gasteiger partial charge in [0.1, 0.15) is 10.8 Å². The van der Waals surface area contributed by atoms with Crippen LogP contribution in [-0.4, -0.2) is 22.7 Å². The van der Waals surface area contributed by atoms with Gasteiger partial charge in [0, 0.05) is 12.3 Å². The maximum Gasteiger partial charge on any atom is 0.226 e. The SMILES string of the molecule is CCc1ccc(OCCCC(=O)Nc2nnc(C(C)C)s2)c(Br)c1. The van der Waals surface area contributed by atoms with E-state index < -0.39 is 0 Å². The number of anilines is 1. The Kier molecular flexibility index (Phi) is 7.17. The van der Waals surface area contributed by atoms with Gasteiger partial charge in [-0.25, -0.2) is 0 Å². The molecule has 0 radical (unpaired) electrons. The van der Waals surface area contributed by atoms with Gasteiger partial charge in [0.25, 0.3) is 0 Å². The van der Waals surface area contributed by atoms with Crippen molar-refractivity contribution in [2.24, 2.45) is 0 Å². The van der Waals surface area contributed by atoms with Crippen molar-refractivity contribution in [2.75, 3.05) is 11.9 Å². The third-order valence-corrected chi connectivity index (χ3v) is 5.15. The van der Waals surface area contributed by atoms with E-state index in [1.54, 1.807) is 0 Å². The zero-order valence-corrected chi connectivity index (χ0v) is 16.5. The third kappa shape index (κ3) is 5.56. The van der Waals surface area contributed by atoms with Crippen LogP contribution in [0.25, 0.3) is 0 Å². The molecule has 0 aliphatic rings. The summed E-state index contributed by atoms with van der Waals surface area (Å²) in [5, 5.41) is 12.3. The van der Waals surface area contributed by atoms with Gasteiger partial charge in [-0.3, -0.25) is 4.79 Å². The van der Waals surface area contributed by atoms with E-state index in [-0.39, 0.29) is 5.91 Å². The normalized spacial score (nSPS) is 10.9. The summed E-state index contributed by atoms with van der Waals surface area (Å²) in [4.78, 5) is 11.9. The van der Waals surface area contributed by atoms with E-state index >= 15 is 0 Å². The van der Waals surface area contributed by atoms with Crippen LogP contribution in [0.15, 0.2) is 22.7 Å². The summed E-state index contributed by atoms with van der Waals surface area (Å²) in [7, 11) is 0. The lowest BCUT2D eigenvalue weighted by atomic mass is 10.2. The predicted octanol–water partition coefficient (Wildman–Crippen LogP) is 4.78. The van der Waals surface area contributed by atoms with Crippen LogP contribution in [0.2, 0.25) is 0 Å². The summed E-state index contributed by atoms with van der Waals surface area (Å²) in [6.45, 7) is 6.71. The van der Waals surface area contributed by atoms with Crippen molar-refractivity contribution < 1.29 is 9.53 Å². The number of benzene rings is 1. The van der Waals surface area contributed by atoms with Crippen LogP contribution in [0, 0.1) is 0 Å². The van der Waals surface area contributed by atoms with Crippen molar-refractivity contribution in [3.8, 4) is 5.75 Å². The lowest BCUT2D eigenvalue weighted by Gasteiger charge is -2.09. The van der Waals surface area contributed by atoms with Gasteiger partial charge >= 0.3 is 0 Å². The topological polar surface area (TPSA) is 64.1 Å². The highest BCUT2D eigenvalue weighted by molar-refractivity contribution is 9.10. The first-order valence-electron chi connectivity index (χ1n) is 8.04. The largest absolute Gasteiger partial charge is 0.492 e. The Morgan fingerprint density at radius 1 is 1.38 bits per heavy atom. The van der Waals surface area contributed by atoms with Crippen molar-refractivity contribution in [3.05, 3.63) is 33.2 Å². The number of carbonyl (C=O) groups excluding carboxylic acids is 1. The van der Waals surface area contributed by atoms with E-state index in [1.165, 1.54) is 16.9 Å². The Bertz CT molecular complexity index is 688. The van der Waals surface area contributed by atoms with Gasteiger partial charge in [0.2, 0.25) is 11.0 Å². The molecule has 130 valence electrons. The molecule has 24 heavy (non-hydrogen) atoms. The second-order valence-corrected chi connectivity index (χ2v) is 7.58. The summed E-state index contributed by atoms with van der Waals surface area (Å²) < 4.78 is 6.67. The quantitative estimate of drug-likeness (QED) is 0.634. The van der Waals surface area contributed by atoms with Crippen LogP contribution in [0.4, 0.5) is 5.13 Å². The minimum absolute atomic E-state index is 0.0644. The average Bonchev–Trinajstić information content (AvgIpc) is 3.01. The summed E-state index contributed by atoms with van der Waals surface area (Å²) in [5.74, 6) is 1.06. The van der Waals surface area contributed by atoms with Crippen molar-refractivity contribution in [2.45, 2.75) is 46.0 Å². The number of halogens is 1. The van der Waals surface area contributed by atoms with Crippen molar-refractivity contribution >= 4 is 38.3 Å². The minimum atomic E-state index is -0.0644. The molecule has 0 bridgehead atoms. The molecule has 0 saturated heterocycles. The van der Waals surface area contributed by atoms with Gasteiger partial charge in [-0.1, -0.05) is 38.2 Å². The van der Waals surface area contributed by atoms with E-state index in [1.807, 2.05) is 6.07 Å². The Labute approximate surface area is 155 Å². The number of nitrogens with zero attached hydrogens (tertiary/aromatic N) is 2. The second kappa shape index (κ2) is 9.13. The molecule has 2 rings (SSSR count). The van der Waals surface area contributed by atoms with E-state index in [4.69, 9.17) is 4.74 Å². The molecule has 0 aliphatic heterocycles. The number of hydrogen-bond donors (Lipinski definition) is 1.